The molecule has 0 fully saturated rings. The molecule has 2 N–H and O–H groups in total. The largest absolute Gasteiger partial charge is 0.478 e. The molecular formula is C20H27N3O4S. The fourth-order valence-corrected chi connectivity index (χ4v) is 3.97. The minimum absolute atomic E-state index is 0.0452. The Balaban J connectivity index is 2.30. The van der Waals surface area contributed by atoms with Crippen LogP contribution >= 0.6 is 0 Å². The van der Waals surface area contributed by atoms with Crippen molar-refractivity contribution in [1.82, 2.24) is 4.98 Å². The van der Waals surface area contributed by atoms with Crippen LogP contribution < -0.4 is 9.62 Å². The van der Waals surface area contributed by atoms with Gasteiger partial charge in [-0.25, -0.2) is 18.2 Å². The standard InChI is InChI=1S/C20H27N3O4S/c1-5-23(6-2)19-18(20(24)25)12-16(13-21-19)22-28(26,27)17-9-7-15(8-10-17)11-14(3)4/h7-10,12-14,22H,5-6,11H2,1-4H3,(H,24,25). The number of hydrogen-bond acceptors (Lipinski definition) is 5. The van der Waals surface area contributed by atoms with Gasteiger partial charge in [0.1, 0.15) is 11.4 Å². The van der Waals surface area contributed by atoms with Crippen LogP contribution in [0.5, 0.6) is 0 Å². The van der Waals surface area contributed by atoms with Gasteiger partial charge in [-0.3, -0.25) is 4.72 Å². The summed E-state index contributed by atoms with van der Waals surface area (Å²) in [7, 11) is -3.84. The number of nitrogens with zero attached hydrogens (tertiary/aromatic N) is 2. The number of carboxylic acids is 1. The van der Waals surface area contributed by atoms with Crippen molar-refractivity contribution in [2.24, 2.45) is 5.92 Å². The van der Waals surface area contributed by atoms with E-state index in [2.05, 4.69) is 23.6 Å². The predicted octanol–water partition coefficient (Wildman–Crippen LogP) is 3.63. The summed E-state index contributed by atoms with van der Waals surface area (Å²) >= 11 is 0. The van der Waals surface area contributed by atoms with Gasteiger partial charge in [0.25, 0.3) is 10.0 Å². The second kappa shape index (κ2) is 9.05. The molecule has 0 aliphatic heterocycles. The Bertz CT molecular complexity index is 921. The number of aromatic carboxylic acids is 1. The van der Waals surface area contributed by atoms with E-state index in [4.69, 9.17) is 0 Å². The molecule has 0 saturated heterocycles. The van der Waals surface area contributed by atoms with Crippen molar-refractivity contribution in [2.45, 2.75) is 39.0 Å². The van der Waals surface area contributed by atoms with Gasteiger partial charge in [-0.05, 0) is 49.9 Å². The number of rotatable bonds is 9. The van der Waals surface area contributed by atoms with Crippen molar-refractivity contribution in [2.75, 3.05) is 22.7 Å². The Hall–Kier alpha value is -2.61. The molecule has 2 aromatic rings. The quantitative estimate of drug-likeness (QED) is 0.661. The van der Waals surface area contributed by atoms with Crippen LogP contribution in [0.25, 0.3) is 0 Å². The summed E-state index contributed by atoms with van der Waals surface area (Å²) in [5.74, 6) is -0.364. The summed E-state index contributed by atoms with van der Waals surface area (Å²) in [6.07, 6.45) is 2.21. The van der Waals surface area contributed by atoms with Gasteiger partial charge in [-0.1, -0.05) is 26.0 Å². The molecule has 152 valence electrons. The fourth-order valence-electron chi connectivity index (χ4n) is 2.94. The third kappa shape index (κ3) is 5.22. The average Bonchev–Trinajstić information content (AvgIpc) is 2.63. The SMILES string of the molecule is CCN(CC)c1ncc(NS(=O)(=O)c2ccc(CC(C)C)cc2)cc1C(=O)O. The monoisotopic (exact) mass is 405 g/mol. The van der Waals surface area contributed by atoms with Gasteiger partial charge in [-0.15, -0.1) is 0 Å². The summed E-state index contributed by atoms with van der Waals surface area (Å²) in [5, 5.41) is 9.50. The van der Waals surface area contributed by atoms with E-state index in [0.29, 0.717) is 24.8 Å². The van der Waals surface area contributed by atoms with Crippen molar-refractivity contribution in [3.63, 3.8) is 0 Å². The molecule has 2 rings (SSSR count). The maximum Gasteiger partial charge on any atom is 0.339 e. The lowest BCUT2D eigenvalue weighted by Gasteiger charge is -2.22. The predicted molar refractivity (Wildman–Crippen MR) is 111 cm³/mol. The lowest BCUT2D eigenvalue weighted by Crippen LogP contribution is -2.25. The minimum Gasteiger partial charge on any atom is -0.478 e. The van der Waals surface area contributed by atoms with Gasteiger partial charge in [0.15, 0.2) is 0 Å². The van der Waals surface area contributed by atoms with Gasteiger partial charge < -0.3 is 10.0 Å². The highest BCUT2D eigenvalue weighted by atomic mass is 32.2. The zero-order valence-electron chi connectivity index (χ0n) is 16.6. The first-order chi connectivity index (χ1) is 13.2. The van der Waals surface area contributed by atoms with Crippen molar-refractivity contribution in [1.29, 1.82) is 0 Å². The molecule has 0 aliphatic rings. The Morgan fingerprint density at radius 2 is 1.79 bits per heavy atom. The molecule has 0 saturated carbocycles. The van der Waals surface area contributed by atoms with E-state index in [1.54, 1.807) is 29.2 Å². The molecule has 1 aromatic heterocycles. The maximum atomic E-state index is 12.7. The molecule has 0 unspecified atom stereocenters. The highest BCUT2D eigenvalue weighted by Gasteiger charge is 2.20. The summed E-state index contributed by atoms with van der Waals surface area (Å²) in [6.45, 7) is 9.18. The molecule has 0 atom stereocenters. The summed E-state index contributed by atoms with van der Waals surface area (Å²) < 4.78 is 27.7. The minimum atomic E-state index is -3.84. The second-order valence-electron chi connectivity index (χ2n) is 6.92. The summed E-state index contributed by atoms with van der Waals surface area (Å²) in [4.78, 5) is 17.7. The van der Waals surface area contributed by atoms with Gasteiger partial charge in [-0.2, -0.15) is 0 Å². The Kier molecular flexibility index (Phi) is 7.01. The van der Waals surface area contributed by atoms with E-state index >= 15 is 0 Å². The molecular weight excluding hydrogens is 378 g/mol. The highest BCUT2D eigenvalue weighted by molar-refractivity contribution is 7.92. The van der Waals surface area contributed by atoms with Gasteiger partial charge in [0.05, 0.1) is 16.8 Å². The number of pyridine rings is 1. The lowest BCUT2D eigenvalue weighted by molar-refractivity contribution is 0.0697. The highest BCUT2D eigenvalue weighted by Crippen LogP contribution is 2.23. The van der Waals surface area contributed by atoms with Gasteiger partial charge in [0, 0.05) is 13.1 Å². The lowest BCUT2D eigenvalue weighted by atomic mass is 10.0. The first kappa shape index (κ1) is 21.7. The van der Waals surface area contributed by atoms with Crippen LogP contribution in [0.1, 0.15) is 43.6 Å². The summed E-state index contributed by atoms with van der Waals surface area (Å²) in [5.41, 5.74) is 1.13. The molecule has 7 nitrogen and oxygen atoms in total. The third-order valence-corrected chi connectivity index (χ3v) is 5.69. The average molecular weight is 406 g/mol. The van der Waals surface area contributed by atoms with E-state index in [1.165, 1.54) is 12.3 Å². The normalized spacial score (nSPS) is 11.5. The van der Waals surface area contributed by atoms with Crippen LogP contribution in [0.4, 0.5) is 11.5 Å². The van der Waals surface area contributed by atoms with Crippen LogP contribution in [-0.2, 0) is 16.4 Å². The Morgan fingerprint density at radius 3 is 2.29 bits per heavy atom. The molecule has 0 spiro atoms. The molecule has 0 amide bonds. The van der Waals surface area contributed by atoms with E-state index in [1.807, 2.05) is 13.8 Å². The molecule has 0 bridgehead atoms. The van der Waals surface area contributed by atoms with Gasteiger partial charge >= 0.3 is 5.97 Å². The third-order valence-electron chi connectivity index (χ3n) is 4.29. The van der Waals surface area contributed by atoms with Crippen molar-refractivity contribution in [3.05, 3.63) is 47.7 Å². The van der Waals surface area contributed by atoms with E-state index < -0.39 is 16.0 Å². The number of carboxylic acid groups (broad SMARTS) is 1. The van der Waals surface area contributed by atoms with E-state index in [-0.39, 0.29) is 16.1 Å². The topological polar surface area (TPSA) is 99.6 Å². The van der Waals surface area contributed by atoms with E-state index in [9.17, 15) is 18.3 Å². The Morgan fingerprint density at radius 1 is 1.18 bits per heavy atom. The molecule has 0 radical (unpaired) electrons. The molecule has 28 heavy (non-hydrogen) atoms. The number of nitrogens with one attached hydrogen (secondary N) is 1. The van der Waals surface area contributed by atoms with Crippen molar-refractivity contribution >= 4 is 27.5 Å². The molecule has 0 aliphatic carbocycles. The zero-order valence-corrected chi connectivity index (χ0v) is 17.5. The molecule has 8 heteroatoms. The fraction of sp³-hybridized carbons (Fsp3) is 0.400. The second-order valence-corrected chi connectivity index (χ2v) is 8.60. The van der Waals surface area contributed by atoms with Gasteiger partial charge in [0.2, 0.25) is 0 Å². The smallest absolute Gasteiger partial charge is 0.339 e. The van der Waals surface area contributed by atoms with Crippen molar-refractivity contribution < 1.29 is 18.3 Å². The first-order valence-corrected chi connectivity index (χ1v) is 10.8. The molecule has 1 heterocycles. The number of carbonyl (C=O) groups is 1. The maximum absolute atomic E-state index is 12.7. The van der Waals surface area contributed by atoms with E-state index in [0.717, 1.165) is 12.0 Å². The van der Waals surface area contributed by atoms with Crippen LogP contribution in [0.2, 0.25) is 0 Å². The number of anilines is 2. The van der Waals surface area contributed by atoms with Crippen molar-refractivity contribution in [3.8, 4) is 0 Å². The van der Waals surface area contributed by atoms with Crippen LogP contribution in [0.3, 0.4) is 0 Å². The summed E-state index contributed by atoms with van der Waals surface area (Å²) in [6, 6.07) is 7.98. The zero-order chi connectivity index (χ0) is 20.9. The number of hydrogen-bond donors (Lipinski definition) is 2. The van der Waals surface area contributed by atoms with Crippen LogP contribution in [0, 0.1) is 5.92 Å². The van der Waals surface area contributed by atoms with Crippen LogP contribution in [-0.4, -0.2) is 37.6 Å². The number of sulfonamides is 1. The van der Waals surface area contributed by atoms with Crippen LogP contribution in [0.15, 0.2) is 41.4 Å². The Labute approximate surface area is 166 Å². The molecule has 1 aromatic carbocycles. The number of aromatic nitrogens is 1. The first-order valence-electron chi connectivity index (χ1n) is 9.28. The number of benzene rings is 1.